The van der Waals surface area contributed by atoms with Crippen LogP contribution >= 0.6 is 0 Å². The smallest absolute Gasteiger partial charge is 0.309 e. The first-order valence-electron chi connectivity index (χ1n) is 13.3. The summed E-state index contributed by atoms with van der Waals surface area (Å²) in [7, 11) is 0. The molecule has 1 aliphatic heterocycles. The normalized spacial score (nSPS) is 14.5. The van der Waals surface area contributed by atoms with E-state index in [1.165, 1.54) is 96.0 Å². The minimum atomic E-state index is -0.0772. The number of hydrogen-bond donors (Lipinski definition) is 0. The highest BCUT2D eigenvalue weighted by Crippen LogP contribution is 2.19. The topological polar surface area (TPSA) is 46.6 Å². The molecule has 0 aromatic carbocycles. The zero-order valence-corrected chi connectivity index (χ0v) is 20.4. The van der Waals surface area contributed by atoms with Gasteiger partial charge in [-0.15, -0.1) is 0 Å². The molecule has 0 aromatic heterocycles. The lowest BCUT2D eigenvalue weighted by Crippen LogP contribution is -2.39. The summed E-state index contributed by atoms with van der Waals surface area (Å²) in [6.07, 6.45) is 24.3. The molecule has 31 heavy (non-hydrogen) atoms. The van der Waals surface area contributed by atoms with Gasteiger partial charge in [-0.05, 0) is 25.3 Å². The van der Waals surface area contributed by atoms with E-state index in [0.717, 1.165) is 12.8 Å². The number of likely N-dealkylation sites (tertiary alicyclic amines) is 1. The Morgan fingerprint density at radius 2 is 1.19 bits per heavy atom. The van der Waals surface area contributed by atoms with Gasteiger partial charge in [0.05, 0.1) is 12.5 Å². The lowest BCUT2D eigenvalue weighted by atomic mass is 9.97. The van der Waals surface area contributed by atoms with Gasteiger partial charge in [0.2, 0.25) is 5.91 Å². The molecule has 0 N–H and O–H groups in total. The predicted octanol–water partition coefficient (Wildman–Crippen LogP) is 7.22. The molecular weight excluding hydrogens is 386 g/mol. The number of esters is 1. The third-order valence-electron chi connectivity index (χ3n) is 6.56. The first kappa shape index (κ1) is 27.7. The molecule has 1 aliphatic rings. The Kier molecular flexibility index (Phi) is 17.3. The number of carbonyl (C=O) groups is 2. The van der Waals surface area contributed by atoms with Gasteiger partial charge < -0.3 is 9.64 Å². The Bertz CT molecular complexity index is 469. The monoisotopic (exact) mass is 435 g/mol. The first-order valence-corrected chi connectivity index (χ1v) is 13.3. The van der Waals surface area contributed by atoms with Crippen LogP contribution in [0.3, 0.4) is 0 Å². The highest BCUT2D eigenvalue weighted by atomic mass is 16.5. The van der Waals surface area contributed by atoms with Crippen molar-refractivity contribution in [2.45, 2.75) is 122 Å². The van der Waals surface area contributed by atoms with E-state index in [4.69, 9.17) is 4.74 Å². The number of hydrogen-bond acceptors (Lipinski definition) is 3. The average molecular weight is 436 g/mol. The molecule has 0 atom stereocenters. The molecule has 1 saturated heterocycles. The van der Waals surface area contributed by atoms with Crippen LogP contribution in [0.1, 0.15) is 122 Å². The predicted molar refractivity (Wildman–Crippen MR) is 130 cm³/mol. The van der Waals surface area contributed by atoms with E-state index < -0.39 is 0 Å². The average Bonchev–Trinajstić information content (AvgIpc) is 2.80. The second kappa shape index (κ2) is 19.4. The third kappa shape index (κ3) is 14.4. The number of carbonyl (C=O) groups excluding carboxylic acids is 2. The molecule has 1 rings (SSSR count). The summed E-state index contributed by atoms with van der Waals surface area (Å²) < 4.78 is 5.46. The number of amides is 1. The van der Waals surface area contributed by atoms with Gasteiger partial charge in [0, 0.05) is 13.1 Å². The summed E-state index contributed by atoms with van der Waals surface area (Å²) in [5.74, 6) is -0.165. The number of piperidine rings is 1. The number of rotatable bonds is 19. The highest BCUT2D eigenvalue weighted by molar-refractivity contribution is 5.87. The molecular formula is C27H49NO3. The maximum atomic E-state index is 12.2. The van der Waals surface area contributed by atoms with E-state index in [9.17, 15) is 9.59 Å². The van der Waals surface area contributed by atoms with E-state index in [-0.39, 0.29) is 17.8 Å². The minimum absolute atomic E-state index is 0.0417. The van der Waals surface area contributed by atoms with Crippen molar-refractivity contribution in [1.82, 2.24) is 4.90 Å². The third-order valence-corrected chi connectivity index (χ3v) is 6.56. The van der Waals surface area contributed by atoms with E-state index in [2.05, 4.69) is 13.5 Å². The van der Waals surface area contributed by atoms with Crippen molar-refractivity contribution in [3.8, 4) is 0 Å². The maximum absolute atomic E-state index is 12.2. The van der Waals surface area contributed by atoms with Gasteiger partial charge in [-0.3, -0.25) is 9.59 Å². The van der Waals surface area contributed by atoms with Crippen molar-refractivity contribution in [2.75, 3.05) is 19.7 Å². The Morgan fingerprint density at radius 1 is 0.774 bits per heavy atom. The van der Waals surface area contributed by atoms with Crippen LogP contribution in [0.15, 0.2) is 12.7 Å². The zero-order chi connectivity index (χ0) is 22.6. The fourth-order valence-electron chi connectivity index (χ4n) is 4.41. The lowest BCUT2D eigenvalue weighted by molar-refractivity contribution is -0.151. The van der Waals surface area contributed by atoms with Crippen LogP contribution in [0.25, 0.3) is 0 Å². The van der Waals surface area contributed by atoms with Gasteiger partial charge in [-0.2, -0.15) is 0 Å². The van der Waals surface area contributed by atoms with Gasteiger partial charge in [0.1, 0.15) is 0 Å². The van der Waals surface area contributed by atoms with Crippen LogP contribution < -0.4 is 0 Å². The van der Waals surface area contributed by atoms with Crippen molar-refractivity contribution >= 4 is 11.9 Å². The molecule has 0 bridgehead atoms. The SMILES string of the molecule is C=CC(=O)N1CCC(C(=O)OCCCCCCCCCCCCCCCCCC)CC1. The summed E-state index contributed by atoms with van der Waals surface area (Å²) in [6, 6.07) is 0. The van der Waals surface area contributed by atoms with Crippen molar-refractivity contribution in [1.29, 1.82) is 0 Å². The molecule has 0 saturated carbocycles. The summed E-state index contributed by atoms with van der Waals surface area (Å²) in [4.78, 5) is 25.5. The van der Waals surface area contributed by atoms with E-state index in [0.29, 0.717) is 32.5 Å². The Balaban J connectivity index is 1.81. The summed E-state index contributed by atoms with van der Waals surface area (Å²) in [5.41, 5.74) is 0. The first-order chi connectivity index (χ1) is 15.2. The molecule has 1 fully saturated rings. The van der Waals surface area contributed by atoms with E-state index in [1.807, 2.05) is 0 Å². The summed E-state index contributed by atoms with van der Waals surface area (Å²) in [5, 5.41) is 0. The second-order valence-electron chi connectivity index (χ2n) is 9.27. The van der Waals surface area contributed by atoms with E-state index >= 15 is 0 Å². The molecule has 0 radical (unpaired) electrons. The number of unbranched alkanes of at least 4 members (excludes halogenated alkanes) is 15. The van der Waals surface area contributed by atoms with Gasteiger partial charge in [0.25, 0.3) is 0 Å². The molecule has 0 aliphatic carbocycles. The Labute approximate surface area is 192 Å². The van der Waals surface area contributed by atoms with Gasteiger partial charge >= 0.3 is 5.97 Å². The van der Waals surface area contributed by atoms with Crippen LogP contribution in [0.5, 0.6) is 0 Å². The Hall–Kier alpha value is -1.32. The summed E-state index contributed by atoms with van der Waals surface area (Å²) in [6.45, 7) is 7.60. The van der Waals surface area contributed by atoms with Gasteiger partial charge in [-0.25, -0.2) is 0 Å². The fraction of sp³-hybridized carbons (Fsp3) is 0.852. The molecule has 1 amide bonds. The standard InChI is InChI=1S/C27H49NO3/c1-3-5-6-7-8-9-10-11-12-13-14-15-16-17-18-19-24-31-27(30)25-20-22-28(23-21-25)26(29)4-2/h4,25H,2-3,5-24H2,1H3. The van der Waals surface area contributed by atoms with Crippen LogP contribution in [-0.4, -0.2) is 36.5 Å². The lowest BCUT2D eigenvalue weighted by Gasteiger charge is -2.30. The van der Waals surface area contributed by atoms with Crippen LogP contribution in [0.2, 0.25) is 0 Å². The zero-order valence-electron chi connectivity index (χ0n) is 20.4. The molecule has 0 spiro atoms. The van der Waals surface area contributed by atoms with Crippen LogP contribution in [0.4, 0.5) is 0 Å². The maximum Gasteiger partial charge on any atom is 0.309 e. The van der Waals surface area contributed by atoms with Crippen LogP contribution in [-0.2, 0) is 14.3 Å². The van der Waals surface area contributed by atoms with Crippen molar-refractivity contribution in [3.05, 3.63) is 12.7 Å². The van der Waals surface area contributed by atoms with Crippen molar-refractivity contribution < 1.29 is 14.3 Å². The minimum Gasteiger partial charge on any atom is -0.465 e. The molecule has 180 valence electrons. The molecule has 0 aromatic rings. The number of nitrogens with zero attached hydrogens (tertiary/aromatic N) is 1. The van der Waals surface area contributed by atoms with E-state index in [1.54, 1.807) is 4.90 Å². The molecule has 1 heterocycles. The highest BCUT2D eigenvalue weighted by Gasteiger charge is 2.27. The molecule has 0 unspecified atom stereocenters. The number of ether oxygens (including phenoxy) is 1. The van der Waals surface area contributed by atoms with Crippen molar-refractivity contribution in [2.24, 2.45) is 5.92 Å². The van der Waals surface area contributed by atoms with Gasteiger partial charge in [-0.1, -0.05) is 110 Å². The Morgan fingerprint density at radius 3 is 1.61 bits per heavy atom. The fourth-order valence-corrected chi connectivity index (χ4v) is 4.41. The van der Waals surface area contributed by atoms with Crippen LogP contribution in [0, 0.1) is 5.92 Å². The molecule has 4 nitrogen and oxygen atoms in total. The quantitative estimate of drug-likeness (QED) is 0.122. The molecule has 4 heteroatoms. The largest absolute Gasteiger partial charge is 0.465 e. The van der Waals surface area contributed by atoms with Gasteiger partial charge in [0.15, 0.2) is 0 Å². The van der Waals surface area contributed by atoms with Crippen molar-refractivity contribution in [3.63, 3.8) is 0 Å². The summed E-state index contributed by atoms with van der Waals surface area (Å²) >= 11 is 0. The second-order valence-corrected chi connectivity index (χ2v) is 9.27.